The van der Waals surface area contributed by atoms with Gasteiger partial charge in [-0.3, -0.25) is 4.79 Å². The third-order valence-electron chi connectivity index (χ3n) is 6.66. The lowest BCUT2D eigenvalue weighted by Gasteiger charge is -2.36. The van der Waals surface area contributed by atoms with Crippen LogP contribution in [0.4, 0.5) is 0 Å². The van der Waals surface area contributed by atoms with Crippen molar-refractivity contribution in [3.05, 3.63) is 111 Å². The van der Waals surface area contributed by atoms with Gasteiger partial charge < -0.3 is 15.2 Å². The second-order valence-electron chi connectivity index (χ2n) is 9.00. The van der Waals surface area contributed by atoms with Gasteiger partial charge in [0, 0.05) is 46.5 Å². The summed E-state index contributed by atoms with van der Waals surface area (Å²) in [6.07, 6.45) is 1.70. The number of hydrogen-bond acceptors (Lipinski definition) is 6. The average Bonchev–Trinajstić information content (AvgIpc) is 3.39. The highest BCUT2D eigenvalue weighted by Crippen LogP contribution is 2.46. The van der Waals surface area contributed by atoms with Crippen LogP contribution in [0.5, 0.6) is 5.75 Å². The fraction of sp³-hybridized carbons (Fsp3) is 0.241. The van der Waals surface area contributed by atoms with Crippen LogP contribution < -0.4 is 5.32 Å². The van der Waals surface area contributed by atoms with Gasteiger partial charge in [0.1, 0.15) is 5.75 Å². The molecule has 3 aromatic rings. The number of rotatable bonds is 6. The number of carbonyl (C=O) groups excluding carboxylic acids is 2. The van der Waals surface area contributed by atoms with Crippen molar-refractivity contribution in [2.45, 2.75) is 38.0 Å². The van der Waals surface area contributed by atoms with Gasteiger partial charge in [0.05, 0.1) is 12.2 Å². The van der Waals surface area contributed by atoms with Crippen LogP contribution in [0.15, 0.2) is 94.7 Å². The zero-order chi connectivity index (χ0) is 24.4. The summed E-state index contributed by atoms with van der Waals surface area (Å²) in [5, 5.41) is 15.6. The number of esters is 1. The molecule has 5 nitrogen and oxygen atoms in total. The molecule has 1 aromatic heterocycles. The van der Waals surface area contributed by atoms with Crippen LogP contribution in [-0.4, -0.2) is 23.5 Å². The minimum Gasteiger partial charge on any atom is -0.508 e. The highest BCUT2D eigenvalue weighted by molar-refractivity contribution is 7.10. The summed E-state index contributed by atoms with van der Waals surface area (Å²) < 4.78 is 5.70. The Morgan fingerprint density at radius 1 is 1.09 bits per heavy atom. The molecule has 0 saturated carbocycles. The first-order chi connectivity index (χ1) is 17.0. The second kappa shape index (κ2) is 9.92. The number of carbonyl (C=O) groups is 2. The number of Topliss-reactive ketones (excluding diaryl/α,β-unsaturated/α-hetero) is 1. The molecule has 1 aliphatic carbocycles. The molecule has 0 unspecified atom stereocenters. The summed E-state index contributed by atoms with van der Waals surface area (Å²) in [7, 11) is 0. The van der Waals surface area contributed by atoms with Gasteiger partial charge in [0.2, 0.25) is 0 Å². The Kier molecular flexibility index (Phi) is 6.55. The molecule has 1 aliphatic heterocycles. The molecule has 178 valence electrons. The topological polar surface area (TPSA) is 75.6 Å². The number of benzene rings is 2. The number of aromatic hydroxyl groups is 1. The van der Waals surface area contributed by atoms with Crippen LogP contribution in [0.3, 0.4) is 0 Å². The van der Waals surface area contributed by atoms with Crippen LogP contribution in [0.25, 0.3) is 0 Å². The van der Waals surface area contributed by atoms with Crippen molar-refractivity contribution < 1.29 is 19.4 Å². The van der Waals surface area contributed by atoms with E-state index in [1.807, 2.05) is 54.8 Å². The number of hydrogen-bond donors (Lipinski definition) is 2. The molecule has 0 saturated heterocycles. The molecule has 0 radical (unpaired) electrons. The van der Waals surface area contributed by atoms with E-state index in [1.165, 1.54) is 4.88 Å². The highest BCUT2D eigenvalue weighted by Gasteiger charge is 2.41. The molecular formula is C29H27NO4S. The Balaban J connectivity index is 1.46. The van der Waals surface area contributed by atoms with E-state index in [9.17, 15) is 14.7 Å². The van der Waals surface area contributed by atoms with Crippen molar-refractivity contribution in [2.24, 2.45) is 0 Å². The molecule has 0 bridgehead atoms. The largest absolute Gasteiger partial charge is 0.508 e. The Labute approximate surface area is 208 Å². The number of phenolic OH excluding ortho intramolecular Hbond substituents is 1. The number of nitrogens with one attached hydrogen (secondary N) is 1. The molecular weight excluding hydrogens is 458 g/mol. The minimum atomic E-state index is -0.584. The fourth-order valence-electron chi connectivity index (χ4n) is 5.06. The summed E-state index contributed by atoms with van der Waals surface area (Å²) >= 11 is 1.66. The van der Waals surface area contributed by atoms with Crippen molar-refractivity contribution in [2.75, 3.05) is 6.61 Å². The van der Waals surface area contributed by atoms with E-state index in [-0.39, 0.29) is 24.1 Å². The average molecular weight is 486 g/mol. The molecule has 2 aliphatic rings. The van der Waals surface area contributed by atoms with Crippen LogP contribution in [0.2, 0.25) is 0 Å². The molecule has 5 rings (SSSR count). The molecule has 6 heteroatoms. The van der Waals surface area contributed by atoms with Gasteiger partial charge in [0.15, 0.2) is 5.78 Å². The SMILES string of the molecule is CC1=C(C(=O)OCCc2ccccc2)[C@@H](c2cccc(O)c2)C2=C(C[C@H](c3cccs3)CC2=O)N1. The van der Waals surface area contributed by atoms with Crippen LogP contribution in [0.1, 0.15) is 47.6 Å². The van der Waals surface area contributed by atoms with E-state index >= 15 is 0 Å². The van der Waals surface area contributed by atoms with E-state index in [2.05, 4.69) is 11.4 Å². The lowest BCUT2D eigenvalue weighted by molar-refractivity contribution is -0.139. The fourth-order valence-corrected chi connectivity index (χ4v) is 5.89. The summed E-state index contributed by atoms with van der Waals surface area (Å²) in [4.78, 5) is 28.1. The first-order valence-corrected chi connectivity index (χ1v) is 12.7. The Morgan fingerprint density at radius 2 is 1.91 bits per heavy atom. The molecule has 0 spiro atoms. The quantitative estimate of drug-likeness (QED) is 0.445. The molecule has 0 fully saturated rings. The third-order valence-corrected chi connectivity index (χ3v) is 7.70. The Morgan fingerprint density at radius 3 is 2.66 bits per heavy atom. The Hall–Kier alpha value is -3.64. The monoisotopic (exact) mass is 485 g/mol. The molecule has 2 heterocycles. The third kappa shape index (κ3) is 4.80. The highest BCUT2D eigenvalue weighted by atomic mass is 32.1. The Bertz CT molecular complexity index is 1310. The van der Waals surface area contributed by atoms with Gasteiger partial charge in [0.25, 0.3) is 0 Å². The number of thiophene rings is 1. The summed E-state index contributed by atoms with van der Waals surface area (Å²) in [5.41, 5.74) is 4.35. The van der Waals surface area contributed by atoms with E-state index in [1.54, 1.807) is 29.5 Å². The van der Waals surface area contributed by atoms with Crippen molar-refractivity contribution in [1.82, 2.24) is 5.32 Å². The maximum atomic E-state index is 13.5. The number of dihydropyridines is 1. The zero-order valence-electron chi connectivity index (χ0n) is 19.5. The van der Waals surface area contributed by atoms with Gasteiger partial charge >= 0.3 is 5.97 Å². The van der Waals surface area contributed by atoms with E-state index in [4.69, 9.17) is 4.74 Å². The van der Waals surface area contributed by atoms with Crippen molar-refractivity contribution in [1.29, 1.82) is 0 Å². The van der Waals surface area contributed by atoms with Gasteiger partial charge in [-0.1, -0.05) is 48.5 Å². The molecule has 0 amide bonds. The first kappa shape index (κ1) is 23.1. The molecule has 35 heavy (non-hydrogen) atoms. The lowest BCUT2D eigenvalue weighted by atomic mass is 9.72. The van der Waals surface area contributed by atoms with Crippen molar-refractivity contribution in [3.8, 4) is 5.75 Å². The van der Waals surface area contributed by atoms with Crippen molar-refractivity contribution >= 4 is 23.1 Å². The van der Waals surface area contributed by atoms with Crippen molar-refractivity contribution in [3.63, 3.8) is 0 Å². The molecule has 2 aromatic carbocycles. The van der Waals surface area contributed by atoms with Gasteiger partial charge in [-0.2, -0.15) is 0 Å². The standard InChI is InChI=1S/C29H27NO4S/c1-18-26(29(33)34-13-12-19-7-3-2-4-8-19)27(20-9-5-10-22(31)15-20)28-23(30-18)16-21(17-24(28)32)25-11-6-14-35-25/h2-11,14-15,21,27,30-31H,12-13,16-17H2,1H3/t21-,27+/m0/s1. The van der Waals surface area contributed by atoms with Crippen LogP contribution in [0, 0.1) is 0 Å². The van der Waals surface area contributed by atoms with Gasteiger partial charge in [-0.05, 0) is 48.1 Å². The number of phenols is 1. The minimum absolute atomic E-state index is 0.0209. The zero-order valence-corrected chi connectivity index (χ0v) is 20.3. The maximum absolute atomic E-state index is 13.5. The summed E-state index contributed by atoms with van der Waals surface area (Å²) in [5.74, 6) is -0.797. The van der Waals surface area contributed by atoms with Crippen LogP contribution in [-0.2, 0) is 20.7 Å². The predicted octanol–water partition coefficient (Wildman–Crippen LogP) is 5.60. The second-order valence-corrected chi connectivity index (χ2v) is 9.98. The molecule has 2 N–H and O–H groups in total. The number of ketones is 1. The lowest BCUT2D eigenvalue weighted by Crippen LogP contribution is -2.36. The van der Waals surface area contributed by atoms with Crippen LogP contribution >= 0.6 is 11.3 Å². The van der Waals surface area contributed by atoms with Gasteiger partial charge in [-0.25, -0.2) is 4.79 Å². The summed E-state index contributed by atoms with van der Waals surface area (Å²) in [6, 6.07) is 20.7. The normalized spacial score (nSPS) is 19.9. The van der Waals surface area contributed by atoms with E-state index < -0.39 is 11.9 Å². The smallest absolute Gasteiger partial charge is 0.336 e. The van der Waals surface area contributed by atoms with E-state index in [0.29, 0.717) is 41.7 Å². The predicted molar refractivity (Wildman–Crippen MR) is 136 cm³/mol. The number of allylic oxidation sites excluding steroid dienone is 3. The van der Waals surface area contributed by atoms with E-state index in [0.717, 1.165) is 11.3 Å². The van der Waals surface area contributed by atoms with Gasteiger partial charge in [-0.15, -0.1) is 11.3 Å². The summed E-state index contributed by atoms with van der Waals surface area (Å²) in [6.45, 7) is 2.10. The maximum Gasteiger partial charge on any atom is 0.336 e. The molecule has 2 atom stereocenters. The first-order valence-electron chi connectivity index (χ1n) is 11.8. The number of ether oxygens (including phenoxy) is 1.